The Hall–Kier alpha value is -2.47. The third kappa shape index (κ3) is 4.79. The van der Waals surface area contributed by atoms with E-state index in [-0.39, 0.29) is 17.7 Å². The first-order chi connectivity index (χ1) is 12.6. The summed E-state index contributed by atoms with van der Waals surface area (Å²) in [6.07, 6.45) is 7.97. The normalized spacial score (nSPS) is 22.8. The second-order valence-electron chi connectivity index (χ2n) is 6.95. The number of aliphatic hydroxyl groups excluding tert-OH is 1. The zero-order valence-corrected chi connectivity index (χ0v) is 15.1. The molecule has 0 aliphatic heterocycles. The van der Waals surface area contributed by atoms with E-state index in [4.69, 9.17) is 0 Å². The summed E-state index contributed by atoms with van der Waals surface area (Å²) in [5.74, 6) is 1.20. The van der Waals surface area contributed by atoms with E-state index in [2.05, 4.69) is 15.5 Å². The van der Waals surface area contributed by atoms with Crippen LogP contribution in [0.3, 0.4) is 0 Å². The number of amides is 1. The molecule has 3 rings (SSSR count). The number of aryl methyl sites for hydroxylation is 1. The second-order valence-corrected chi connectivity index (χ2v) is 6.95. The second kappa shape index (κ2) is 8.76. The van der Waals surface area contributed by atoms with Gasteiger partial charge in [-0.1, -0.05) is 42.5 Å². The summed E-state index contributed by atoms with van der Waals surface area (Å²) in [4.78, 5) is 12.0. The first-order valence-electron chi connectivity index (χ1n) is 9.13. The maximum absolute atomic E-state index is 12.0. The Balaban J connectivity index is 1.39. The van der Waals surface area contributed by atoms with Crippen molar-refractivity contribution >= 4 is 12.0 Å². The molecule has 3 atom stereocenters. The van der Waals surface area contributed by atoms with Crippen molar-refractivity contribution in [3.8, 4) is 0 Å². The average molecular weight is 354 g/mol. The molecule has 1 saturated carbocycles. The highest BCUT2D eigenvalue weighted by molar-refractivity contribution is 5.76. The highest BCUT2D eigenvalue weighted by Gasteiger charge is 2.35. The molecule has 0 radical (unpaired) electrons. The molecule has 1 heterocycles. The van der Waals surface area contributed by atoms with Gasteiger partial charge in [0.2, 0.25) is 5.91 Å². The van der Waals surface area contributed by atoms with Crippen LogP contribution < -0.4 is 5.32 Å². The first-order valence-corrected chi connectivity index (χ1v) is 9.13. The molecule has 0 unspecified atom stereocenters. The predicted molar refractivity (Wildman–Crippen MR) is 100 cm³/mol. The number of rotatable bonds is 7. The molecule has 138 valence electrons. The molecular formula is C20H26N4O2. The van der Waals surface area contributed by atoms with Gasteiger partial charge in [-0.3, -0.25) is 4.79 Å². The van der Waals surface area contributed by atoms with Gasteiger partial charge in [0.05, 0.1) is 6.10 Å². The molecule has 2 aromatic rings. The molecular weight excluding hydrogens is 328 g/mol. The van der Waals surface area contributed by atoms with Crippen LogP contribution in [0.1, 0.15) is 43.0 Å². The lowest BCUT2D eigenvalue weighted by atomic mass is 10.0. The van der Waals surface area contributed by atoms with Crippen LogP contribution in [-0.4, -0.2) is 38.4 Å². The van der Waals surface area contributed by atoms with Gasteiger partial charge in [-0.15, -0.1) is 10.2 Å². The number of carbonyl (C=O) groups is 1. The largest absolute Gasteiger partial charge is 0.393 e. The molecule has 6 heteroatoms. The summed E-state index contributed by atoms with van der Waals surface area (Å²) < 4.78 is 1.90. The highest BCUT2D eigenvalue weighted by atomic mass is 16.3. The van der Waals surface area contributed by atoms with Crippen molar-refractivity contribution in [1.82, 2.24) is 20.1 Å². The van der Waals surface area contributed by atoms with Crippen LogP contribution in [-0.2, 0) is 11.8 Å². The van der Waals surface area contributed by atoms with Gasteiger partial charge in [0.1, 0.15) is 12.2 Å². The molecule has 1 aromatic carbocycles. The smallest absolute Gasteiger partial charge is 0.220 e. The quantitative estimate of drug-likeness (QED) is 0.799. The van der Waals surface area contributed by atoms with E-state index in [1.807, 2.05) is 54.1 Å². The summed E-state index contributed by atoms with van der Waals surface area (Å²) in [5, 5.41) is 21.3. The standard InChI is InChI=1S/C20H26N4O2/c1-24-14-22-23-20(24)16-11-17(18(25)12-16)13-21-19(26)10-6-5-9-15-7-3-2-4-8-15/h2-5,7-9,14,16-18,25H,6,10-13H2,1H3,(H,21,26)/b9-5+/t16-,17+,18+/m0/s1. The van der Waals surface area contributed by atoms with E-state index < -0.39 is 6.10 Å². The van der Waals surface area contributed by atoms with Crippen LogP contribution in [0.5, 0.6) is 0 Å². The summed E-state index contributed by atoms with van der Waals surface area (Å²) in [5.41, 5.74) is 1.14. The van der Waals surface area contributed by atoms with Crippen molar-refractivity contribution in [2.24, 2.45) is 13.0 Å². The van der Waals surface area contributed by atoms with E-state index >= 15 is 0 Å². The Morgan fingerprint density at radius 3 is 2.88 bits per heavy atom. The molecule has 1 fully saturated rings. The maximum atomic E-state index is 12.0. The van der Waals surface area contributed by atoms with Crippen molar-refractivity contribution < 1.29 is 9.90 Å². The van der Waals surface area contributed by atoms with Crippen LogP contribution in [0.15, 0.2) is 42.7 Å². The first kappa shape index (κ1) is 18.3. The van der Waals surface area contributed by atoms with Crippen LogP contribution in [0.25, 0.3) is 6.08 Å². The lowest BCUT2D eigenvalue weighted by Gasteiger charge is -2.14. The van der Waals surface area contributed by atoms with E-state index in [0.29, 0.717) is 25.8 Å². The highest BCUT2D eigenvalue weighted by Crippen LogP contribution is 2.37. The minimum absolute atomic E-state index is 0.0250. The van der Waals surface area contributed by atoms with E-state index in [1.54, 1.807) is 6.33 Å². The number of benzene rings is 1. The van der Waals surface area contributed by atoms with Gasteiger partial charge in [0, 0.05) is 31.8 Å². The van der Waals surface area contributed by atoms with E-state index in [1.165, 1.54) is 0 Å². The SMILES string of the molecule is Cn1cnnc1[C@H]1C[C@H](CNC(=O)CC/C=C/c2ccccc2)[C@H](O)C1. The number of nitrogens with one attached hydrogen (secondary N) is 1. The Morgan fingerprint density at radius 2 is 2.15 bits per heavy atom. The van der Waals surface area contributed by atoms with Gasteiger partial charge in [-0.25, -0.2) is 0 Å². The van der Waals surface area contributed by atoms with E-state index in [0.717, 1.165) is 17.8 Å². The Bertz CT molecular complexity index is 741. The molecule has 26 heavy (non-hydrogen) atoms. The zero-order chi connectivity index (χ0) is 18.4. The average Bonchev–Trinajstić information content (AvgIpc) is 3.23. The topological polar surface area (TPSA) is 80.0 Å². The molecule has 1 aliphatic carbocycles. The van der Waals surface area contributed by atoms with Crippen molar-refractivity contribution in [3.63, 3.8) is 0 Å². The molecule has 0 saturated heterocycles. The summed E-state index contributed by atoms with van der Waals surface area (Å²) in [6, 6.07) is 10.0. The lowest BCUT2D eigenvalue weighted by Crippen LogP contribution is -2.32. The number of hydrogen-bond acceptors (Lipinski definition) is 4. The summed E-state index contributed by atoms with van der Waals surface area (Å²) >= 11 is 0. The van der Waals surface area contributed by atoms with Gasteiger partial charge >= 0.3 is 0 Å². The number of carbonyl (C=O) groups excluding carboxylic acids is 1. The number of allylic oxidation sites excluding steroid dienone is 1. The fraction of sp³-hybridized carbons (Fsp3) is 0.450. The van der Waals surface area contributed by atoms with E-state index in [9.17, 15) is 9.90 Å². The number of hydrogen-bond donors (Lipinski definition) is 2. The van der Waals surface area contributed by atoms with Gasteiger partial charge < -0.3 is 15.0 Å². The molecule has 0 bridgehead atoms. The van der Waals surface area contributed by atoms with Crippen LogP contribution in [0.2, 0.25) is 0 Å². The summed E-state index contributed by atoms with van der Waals surface area (Å²) in [7, 11) is 1.92. The summed E-state index contributed by atoms with van der Waals surface area (Å²) in [6.45, 7) is 0.511. The minimum atomic E-state index is -0.407. The molecule has 1 aromatic heterocycles. The van der Waals surface area contributed by atoms with Crippen molar-refractivity contribution in [2.45, 2.75) is 37.7 Å². The zero-order valence-electron chi connectivity index (χ0n) is 15.1. The Morgan fingerprint density at radius 1 is 1.35 bits per heavy atom. The third-order valence-electron chi connectivity index (χ3n) is 4.98. The van der Waals surface area contributed by atoms with Crippen LogP contribution in [0.4, 0.5) is 0 Å². The van der Waals surface area contributed by atoms with Gasteiger partial charge in [0.25, 0.3) is 0 Å². The predicted octanol–water partition coefficient (Wildman–Crippen LogP) is 2.28. The lowest BCUT2D eigenvalue weighted by molar-refractivity contribution is -0.121. The van der Waals surface area contributed by atoms with Crippen molar-refractivity contribution in [1.29, 1.82) is 0 Å². The fourth-order valence-electron chi connectivity index (χ4n) is 3.53. The number of aliphatic hydroxyl groups is 1. The van der Waals surface area contributed by atoms with Crippen molar-refractivity contribution in [3.05, 3.63) is 54.1 Å². The molecule has 6 nitrogen and oxygen atoms in total. The molecule has 2 N–H and O–H groups in total. The maximum Gasteiger partial charge on any atom is 0.220 e. The van der Waals surface area contributed by atoms with Crippen LogP contribution in [0, 0.1) is 5.92 Å². The van der Waals surface area contributed by atoms with Crippen LogP contribution >= 0.6 is 0 Å². The minimum Gasteiger partial charge on any atom is -0.393 e. The van der Waals surface area contributed by atoms with Gasteiger partial charge in [-0.05, 0) is 24.8 Å². The fourth-order valence-corrected chi connectivity index (χ4v) is 3.53. The Kier molecular flexibility index (Phi) is 6.17. The van der Waals surface area contributed by atoms with Gasteiger partial charge in [0.15, 0.2) is 0 Å². The number of nitrogens with zero attached hydrogens (tertiary/aromatic N) is 3. The van der Waals surface area contributed by atoms with Crippen molar-refractivity contribution in [2.75, 3.05) is 6.54 Å². The molecule has 1 amide bonds. The number of aromatic nitrogens is 3. The molecule has 1 aliphatic rings. The van der Waals surface area contributed by atoms with Gasteiger partial charge in [-0.2, -0.15) is 0 Å². The molecule has 0 spiro atoms. The third-order valence-corrected chi connectivity index (χ3v) is 4.98. The Labute approximate surface area is 154 Å². The monoisotopic (exact) mass is 354 g/mol.